The van der Waals surface area contributed by atoms with Gasteiger partial charge in [-0.2, -0.15) is 0 Å². The van der Waals surface area contributed by atoms with Crippen LogP contribution in [0, 0.1) is 12.8 Å². The van der Waals surface area contributed by atoms with Gasteiger partial charge in [0.05, 0.1) is 5.39 Å². The molecule has 0 aliphatic heterocycles. The zero-order chi connectivity index (χ0) is 12.7. The van der Waals surface area contributed by atoms with Gasteiger partial charge in [-0.25, -0.2) is 9.97 Å². The van der Waals surface area contributed by atoms with Crippen molar-refractivity contribution in [1.82, 2.24) is 9.97 Å². The first-order chi connectivity index (χ1) is 8.69. The van der Waals surface area contributed by atoms with Gasteiger partial charge in [0, 0.05) is 11.5 Å². The lowest BCUT2D eigenvalue weighted by molar-refractivity contribution is 0.0404. The van der Waals surface area contributed by atoms with Crippen molar-refractivity contribution in [2.75, 3.05) is 12.3 Å². The van der Waals surface area contributed by atoms with E-state index in [1.54, 1.807) is 11.3 Å². The van der Waals surface area contributed by atoms with Gasteiger partial charge < -0.3 is 10.5 Å². The number of aryl methyl sites for hydroxylation is 1. The Morgan fingerprint density at radius 1 is 1.50 bits per heavy atom. The molecule has 0 amide bonds. The van der Waals surface area contributed by atoms with E-state index in [2.05, 4.69) is 16.9 Å². The molecule has 2 aromatic heterocycles. The summed E-state index contributed by atoms with van der Waals surface area (Å²) in [4.78, 5) is 11.3. The number of fused-ring (bicyclic) bond motifs is 1. The van der Waals surface area contributed by atoms with Crippen LogP contribution in [-0.2, 0) is 4.74 Å². The standard InChI is InChI=1S/C13H17N3OS/c1-3-17-10(8-4-5-8)12-15-11(14)9-6-7(2)18-13(9)16-12/h6,8,10H,3-5H2,1-2H3,(H2,14,15,16). The average molecular weight is 263 g/mol. The number of nitrogens with two attached hydrogens (primary N) is 1. The fraction of sp³-hybridized carbons (Fsp3) is 0.538. The summed E-state index contributed by atoms with van der Waals surface area (Å²) in [7, 11) is 0. The predicted molar refractivity (Wildman–Crippen MR) is 73.7 cm³/mol. The molecule has 2 heterocycles. The van der Waals surface area contributed by atoms with Gasteiger partial charge >= 0.3 is 0 Å². The summed E-state index contributed by atoms with van der Waals surface area (Å²) >= 11 is 1.66. The third-order valence-electron chi connectivity index (χ3n) is 3.21. The van der Waals surface area contributed by atoms with Crippen LogP contribution in [0.3, 0.4) is 0 Å². The molecule has 1 unspecified atom stereocenters. The summed E-state index contributed by atoms with van der Waals surface area (Å²) in [6, 6.07) is 2.05. The number of nitrogen functional groups attached to an aromatic ring is 1. The second-order valence-electron chi connectivity index (χ2n) is 4.76. The summed E-state index contributed by atoms with van der Waals surface area (Å²) in [6.07, 6.45) is 2.43. The number of hydrogen-bond donors (Lipinski definition) is 1. The van der Waals surface area contributed by atoms with Crippen molar-refractivity contribution in [3.05, 3.63) is 16.8 Å². The maximum atomic E-state index is 6.02. The minimum absolute atomic E-state index is 0.0177. The predicted octanol–water partition coefficient (Wildman–Crippen LogP) is 3.07. The average Bonchev–Trinajstić information content (AvgIpc) is 3.08. The molecule has 3 rings (SSSR count). The van der Waals surface area contributed by atoms with Crippen molar-refractivity contribution in [3.8, 4) is 0 Å². The molecule has 2 N–H and O–H groups in total. The number of ether oxygens (including phenoxy) is 1. The lowest BCUT2D eigenvalue weighted by atomic mass is 10.2. The van der Waals surface area contributed by atoms with E-state index in [9.17, 15) is 0 Å². The Kier molecular flexibility index (Phi) is 2.95. The zero-order valence-electron chi connectivity index (χ0n) is 10.6. The molecule has 1 atom stereocenters. The zero-order valence-corrected chi connectivity index (χ0v) is 11.5. The largest absolute Gasteiger partial charge is 0.383 e. The second kappa shape index (κ2) is 4.48. The van der Waals surface area contributed by atoms with Crippen LogP contribution in [0.2, 0.25) is 0 Å². The number of thiophene rings is 1. The molecule has 0 radical (unpaired) electrons. The van der Waals surface area contributed by atoms with E-state index in [0.29, 0.717) is 18.3 Å². The molecule has 2 aromatic rings. The lowest BCUT2D eigenvalue weighted by Gasteiger charge is -2.15. The SMILES string of the molecule is CCOC(c1nc(N)c2cc(C)sc2n1)C1CC1. The van der Waals surface area contributed by atoms with Gasteiger partial charge in [0.2, 0.25) is 0 Å². The smallest absolute Gasteiger partial charge is 0.161 e. The molecule has 1 fully saturated rings. The Labute approximate surface area is 110 Å². The van der Waals surface area contributed by atoms with Crippen LogP contribution in [0.25, 0.3) is 10.2 Å². The highest BCUT2D eigenvalue weighted by Gasteiger charge is 2.35. The molecular weight excluding hydrogens is 246 g/mol. The van der Waals surface area contributed by atoms with Gasteiger partial charge in [0.1, 0.15) is 16.8 Å². The number of aromatic nitrogens is 2. The lowest BCUT2D eigenvalue weighted by Crippen LogP contribution is -2.12. The van der Waals surface area contributed by atoms with Crippen LogP contribution in [0.15, 0.2) is 6.07 Å². The molecule has 0 saturated heterocycles. The van der Waals surface area contributed by atoms with Crippen LogP contribution < -0.4 is 5.73 Å². The van der Waals surface area contributed by atoms with Crippen LogP contribution >= 0.6 is 11.3 Å². The Morgan fingerprint density at radius 3 is 2.94 bits per heavy atom. The first-order valence-corrected chi connectivity index (χ1v) is 7.16. The third kappa shape index (κ3) is 2.08. The Morgan fingerprint density at radius 2 is 2.28 bits per heavy atom. The van der Waals surface area contributed by atoms with Crippen molar-refractivity contribution < 1.29 is 4.74 Å². The van der Waals surface area contributed by atoms with Crippen molar-refractivity contribution in [1.29, 1.82) is 0 Å². The Hall–Kier alpha value is -1.20. The van der Waals surface area contributed by atoms with Gasteiger partial charge in [-0.15, -0.1) is 11.3 Å². The second-order valence-corrected chi connectivity index (χ2v) is 5.99. The van der Waals surface area contributed by atoms with Crippen LogP contribution in [-0.4, -0.2) is 16.6 Å². The molecule has 1 aliphatic carbocycles. The Balaban J connectivity index is 2.04. The van der Waals surface area contributed by atoms with Crippen LogP contribution in [0.1, 0.15) is 36.6 Å². The third-order valence-corrected chi connectivity index (χ3v) is 4.16. The highest BCUT2D eigenvalue weighted by Crippen LogP contribution is 2.43. The molecule has 0 spiro atoms. The number of rotatable bonds is 4. The number of anilines is 1. The molecule has 0 aromatic carbocycles. The van der Waals surface area contributed by atoms with E-state index in [1.807, 2.05) is 13.0 Å². The molecule has 1 aliphatic rings. The first kappa shape index (κ1) is 11.9. The van der Waals surface area contributed by atoms with E-state index in [1.165, 1.54) is 17.7 Å². The molecule has 0 bridgehead atoms. The fourth-order valence-corrected chi connectivity index (χ4v) is 3.10. The molecule has 4 nitrogen and oxygen atoms in total. The summed E-state index contributed by atoms with van der Waals surface area (Å²) in [5.74, 6) is 1.90. The topological polar surface area (TPSA) is 61.0 Å². The molecule has 96 valence electrons. The van der Waals surface area contributed by atoms with E-state index in [0.717, 1.165) is 16.0 Å². The molecule has 18 heavy (non-hydrogen) atoms. The Bertz CT molecular complexity index is 577. The van der Waals surface area contributed by atoms with E-state index < -0.39 is 0 Å². The van der Waals surface area contributed by atoms with E-state index in [4.69, 9.17) is 10.5 Å². The van der Waals surface area contributed by atoms with Gasteiger partial charge in [-0.05, 0) is 38.7 Å². The summed E-state index contributed by atoms with van der Waals surface area (Å²) in [5, 5.41) is 0.965. The quantitative estimate of drug-likeness (QED) is 0.921. The molecule has 5 heteroatoms. The number of nitrogens with zero attached hydrogens (tertiary/aromatic N) is 2. The van der Waals surface area contributed by atoms with Crippen LogP contribution in [0.4, 0.5) is 5.82 Å². The minimum Gasteiger partial charge on any atom is -0.383 e. The van der Waals surface area contributed by atoms with Crippen molar-refractivity contribution in [3.63, 3.8) is 0 Å². The first-order valence-electron chi connectivity index (χ1n) is 6.34. The van der Waals surface area contributed by atoms with E-state index >= 15 is 0 Å². The summed E-state index contributed by atoms with van der Waals surface area (Å²) in [5.41, 5.74) is 6.02. The fourth-order valence-electron chi connectivity index (χ4n) is 2.21. The van der Waals surface area contributed by atoms with E-state index in [-0.39, 0.29) is 6.10 Å². The summed E-state index contributed by atoms with van der Waals surface area (Å²) in [6.45, 7) is 4.75. The highest BCUT2D eigenvalue weighted by atomic mass is 32.1. The van der Waals surface area contributed by atoms with Gasteiger partial charge in [-0.3, -0.25) is 0 Å². The van der Waals surface area contributed by atoms with Crippen molar-refractivity contribution >= 4 is 27.4 Å². The highest BCUT2D eigenvalue weighted by molar-refractivity contribution is 7.18. The van der Waals surface area contributed by atoms with Crippen molar-refractivity contribution in [2.24, 2.45) is 5.92 Å². The molecular formula is C13H17N3OS. The molecule has 1 saturated carbocycles. The maximum absolute atomic E-state index is 6.02. The summed E-state index contributed by atoms with van der Waals surface area (Å²) < 4.78 is 5.79. The number of hydrogen-bond acceptors (Lipinski definition) is 5. The van der Waals surface area contributed by atoms with Crippen LogP contribution in [0.5, 0.6) is 0 Å². The monoisotopic (exact) mass is 263 g/mol. The minimum atomic E-state index is 0.0177. The van der Waals surface area contributed by atoms with Gasteiger partial charge in [0.25, 0.3) is 0 Å². The van der Waals surface area contributed by atoms with Gasteiger partial charge in [-0.1, -0.05) is 0 Å². The van der Waals surface area contributed by atoms with Gasteiger partial charge in [0.15, 0.2) is 5.82 Å². The normalized spacial score (nSPS) is 17.2. The maximum Gasteiger partial charge on any atom is 0.161 e. The van der Waals surface area contributed by atoms with Crippen molar-refractivity contribution in [2.45, 2.75) is 32.8 Å².